The van der Waals surface area contributed by atoms with Crippen molar-refractivity contribution in [3.8, 4) is 12.3 Å². The molecule has 0 radical (unpaired) electrons. The quantitative estimate of drug-likeness (QED) is 0.489. The minimum atomic E-state index is -1.17. The molecule has 1 N–H and O–H groups in total. The van der Waals surface area contributed by atoms with Crippen LogP contribution in [0.4, 0.5) is 21.5 Å². The summed E-state index contributed by atoms with van der Waals surface area (Å²) in [5.74, 6) is 0.983. The zero-order valence-electron chi connectivity index (χ0n) is 8.34. The summed E-state index contributed by atoms with van der Waals surface area (Å²) < 4.78 is 13.2. The third-order valence-electron chi connectivity index (χ3n) is 1.84. The molecule has 0 aliphatic rings. The Hall–Kier alpha value is -2.69. The van der Waals surface area contributed by atoms with Crippen molar-refractivity contribution < 1.29 is 14.2 Å². The van der Waals surface area contributed by atoms with Crippen molar-refractivity contribution in [3.63, 3.8) is 0 Å². The molecule has 17 heavy (non-hydrogen) atoms. The Morgan fingerprint density at radius 1 is 1.29 bits per heavy atom. The molecule has 0 unspecified atom stereocenters. The second-order valence-corrected chi connectivity index (χ2v) is 2.89. The van der Waals surface area contributed by atoms with Gasteiger partial charge >= 0.3 is 5.69 Å². The van der Waals surface area contributed by atoms with Crippen LogP contribution in [0.15, 0.2) is 12.1 Å². The van der Waals surface area contributed by atoms with Crippen molar-refractivity contribution in [2.45, 2.75) is 0 Å². The van der Waals surface area contributed by atoms with Gasteiger partial charge in [0, 0.05) is 6.07 Å². The highest BCUT2D eigenvalue weighted by molar-refractivity contribution is 5.66. The average molecular weight is 239 g/mol. The summed E-state index contributed by atoms with van der Waals surface area (Å²) in [5, 5.41) is 23.5. The molecule has 1 rings (SSSR count). The monoisotopic (exact) mass is 239 g/mol. The fourth-order valence-corrected chi connectivity index (χ4v) is 1.13. The molecule has 0 aliphatic heterocycles. The van der Waals surface area contributed by atoms with E-state index in [2.05, 4.69) is 11.2 Å². The van der Waals surface area contributed by atoms with Gasteiger partial charge in [-0.3, -0.25) is 20.2 Å². The predicted octanol–water partition coefficient (Wildman–Crippen LogP) is 1.69. The average Bonchev–Trinajstić information content (AvgIpc) is 2.25. The Kier molecular flexibility index (Phi) is 3.56. The number of nitro benzene ring substituents is 2. The summed E-state index contributed by atoms with van der Waals surface area (Å²) in [7, 11) is 0. The standard InChI is InChI=1S/C9H6FN3O4/c1-2-3-11-7-4-6(10)8(12(14)15)5-9(7)13(16)17/h1,4-5,11H,3H2. The summed E-state index contributed by atoms with van der Waals surface area (Å²) in [6.07, 6.45) is 4.93. The van der Waals surface area contributed by atoms with E-state index in [1.54, 1.807) is 0 Å². The maximum Gasteiger partial charge on any atom is 0.311 e. The van der Waals surface area contributed by atoms with E-state index in [1.165, 1.54) is 0 Å². The number of terminal acetylenes is 1. The Bertz CT molecular complexity index is 524. The highest BCUT2D eigenvalue weighted by Crippen LogP contribution is 2.31. The molecule has 0 aromatic heterocycles. The van der Waals surface area contributed by atoms with Crippen LogP contribution in [-0.4, -0.2) is 16.4 Å². The molecule has 0 saturated carbocycles. The highest BCUT2D eigenvalue weighted by atomic mass is 19.1. The van der Waals surface area contributed by atoms with Gasteiger partial charge in [-0.1, -0.05) is 5.92 Å². The first-order chi connectivity index (χ1) is 7.97. The number of nitrogens with zero attached hydrogens (tertiary/aromatic N) is 2. The predicted molar refractivity (Wildman–Crippen MR) is 57.0 cm³/mol. The van der Waals surface area contributed by atoms with Gasteiger partial charge in [0.1, 0.15) is 5.69 Å². The van der Waals surface area contributed by atoms with Crippen LogP contribution < -0.4 is 5.32 Å². The highest BCUT2D eigenvalue weighted by Gasteiger charge is 2.24. The van der Waals surface area contributed by atoms with E-state index in [-0.39, 0.29) is 12.2 Å². The number of benzene rings is 1. The van der Waals surface area contributed by atoms with E-state index in [0.717, 1.165) is 0 Å². The van der Waals surface area contributed by atoms with Gasteiger partial charge in [-0.05, 0) is 0 Å². The van der Waals surface area contributed by atoms with Gasteiger partial charge in [-0.25, -0.2) is 0 Å². The van der Waals surface area contributed by atoms with Crippen LogP contribution in [0, 0.1) is 38.4 Å². The van der Waals surface area contributed by atoms with E-state index in [9.17, 15) is 24.6 Å². The van der Waals surface area contributed by atoms with Crippen molar-refractivity contribution in [3.05, 3.63) is 38.2 Å². The van der Waals surface area contributed by atoms with Crippen LogP contribution in [-0.2, 0) is 0 Å². The van der Waals surface area contributed by atoms with Gasteiger partial charge in [0.25, 0.3) is 5.69 Å². The number of hydrogen-bond acceptors (Lipinski definition) is 5. The van der Waals surface area contributed by atoms with Crippen LogP contribution >= 0.6 is 0 Å². The van der Waals surface area contributed by atoms with Crippen LogP contribution in [0.1, 0.15) is 0 Å². The van der Waals surface area contributed by atoms with Crippen LogP contribution in [0.25, 0.3) is 0 Å². The summed E-state index contributed by atoms with van der Waals surface area (Å²) in [5.41, 5.74) is -1.76. The molecule has 0 fully saturated rings. The van der Waals surface area contributed by atoms with E-state index < -0.39 is 27.0 Å². The molecule has 0 atom stereocenters. The number of halogens is 1. The van der Waals surface area contributed by atoms with Crippen LogP contribution in [0.2, 0.25) is 0 Å². The van der Waals surface area contributed by atoms with Crippen molar-refractivity contribution in [2.75, 3.05) is 11.9 Å². The Morgan fingerprint density at radius 2 is 1.88 bits per heavy atom. The SMILES string of the molecule is C#CCNc1cc(F)c([N+](=O)[O-])cc1[N+](=O)[O-]. The second kappa shape index (κ2) is 4.89. The maximum absolute atomic E-state index is 13.2. The molecule has 0 aliphatic carbocycles. The number of hydrogen-bond donors (Lipinski definition) is 1. The maximum atomic E-state index is 13.2. The fourth-order valence-electron chi connectivity index (χ4n) is 1.13. The Balaban J connectivity index is 3.31. The van der Waals surface area contributed by atoms with Crippen LogP contribution in [0.5, 0.6) is 0 Å². The lowest BCUT2D eigenvalue weighted by Crippen LogP contribution is -2.04. The van der Waals surface area contributed by atoms with Crippen LogP contribution in [0.3, 0.4) is 0 Å². The lowest BCUT2D eigenvalue weighted by atomic mass is 10.2. The topological polar surface area (TPSA) is 98.3 Å². The first-order valence-corrected chi connectivity index (χ1v) is 4.27. The van der Waals surface area contributed by atoms with Gasteiger partial charge in [0.2, 0.25) is 5.82 Å². The Morgan fingerprint density at radius 3 is 2.35 bits per heavy atom. The van der Waals surface area contributed by atoms with Crippen molar-refractivity contribution in [1.29, 1.82) is 0 Å². The van der Waals surface area contributed by atoms with Crippen molar-refractivity contribution in [1.82, 2.24) is 0 Å². The first kappa shape index (κ1) is 12.4. The number of anilines is 1. The largest absolute Gasteiger partial charge is 0.368 e. The van der Waals surface area contributed by atoms with Gasteiger partial charge < -0.3 is 5.32 Å². The molecule has 0 spiro atoms. The summed E-state index contributed by atoms with van der Waals surface area (Å²) in [4.78, 5) is 19.2. The molecule has 1 aromatic carbocycles. The lowest BCUT2D eigenvalue weighted by molar-refractivity contribution is -0.395. The molecule has 0 heterocycles. The third kappa shape index (κ3) is 2.66. The van der Waals surface area contributed by atoms with E-state index in [4.69, 9.17) is 6.42 Å². The lowest BCUT2D eigenvalue weighted by Gasteiger charge is -2.04. The molecule has 88 valence electrons. The summed E-state index contributed by atoms with van der Waals surface area (Å²) in [6, 6.07) is 1.22. The zero-order chi connectivity index (χ0) is 13.0. The molecular formula is C9H6FN3O4. The molecule has 8 heteroatoms. The molecule has 0 amide bonds. The van der Waals surface area contributed by atoms with Crippen molar-refractivity contribution in [2.24, 2.45) is 0 Å². The molecule has 7 nitrogen and oxygen atoms in total. The van der Waals surface area contributed by atoms with E-state index in [1.807, 2.05) is 0 Å². The molecule has 1 aromatic rings. The number of nitro groups is 2. The summed E-state index contributed by atoms with van der Waals surface area (Å²) >= 11 is 0. The molecule has 0 bridgehead atoms. The molecular weight excluding hydrogens is 233 g/mol. The number of rotatable bonds is 4. The minimum Gasteiger partial charge on any atom is -0.368 e. The molecule has 0 saturated heterocycles. The van der Waals surface area contributed by atoms with Gasteiger partial charge in [0.15, 0.2) is 0 Å². The summed E-state index contributed by atoms with van der Waals surface area (Å²) in [6.45, 7) is -0.0574. The minimum absolute atomic E-state index is 0.0574. The number of nitrogens with one attached hydrogen (secondary N) is 1. The fraction of sp³-hybridized carbons (Fsp3) is 0.111. The van der Waals surface area contributed by atoms with Gasteiger partial charge in [0.05, 0.1) is 22.5 Å². The van der Waals surface area contributed by atoms with E-state index >= 15 is 0 Å². The zero-order valence-corrected chi connectivity index (χ0v) is 8.34. The Labute approximate surface area is 94.5 Å². The third-order valence-corrected chi connectivity index (χ3v) is 1.84. The van der Waals surface area contributed by atoms with Gasteiger partial charge in [-0.15, -0.1) is 6.42 Å². The first-order valence-electron chi connectivity index (χ1n) is 4.27. The van der Waals surface area contributed by atoms with E-state index in [0.29, 0.717) is 12.1 Å². The second-order valence-electron chi connectivity index (χ2n) is 2.89. The van der Waals surface area contributed by atoms with Crippen molar-refractivity contribution >= 4 is 17.1 Å². The normalized spacial score (nSPS) is 9.41. The van der Waals surface area contributed by atoms with Gasteiger partial charge in [-0.2, -0.15) is 4.39 Å². The smallest absolute Gasteiger partial charge is 0.311 e.